The third kappa shape index (κ3) is 3.87. The Morgan fingerprint density at radius 3 is 2.11 bits per heavy atom. The van der Waals surface area contributed by atoms with Crippen LogP contribution in [-0.4, -0.2) is 50.5 Å². The number of benzene rings is 1. The molecule has 0 saturated heterocycles. The number of guanidine groups is 1. The van der Waals surface area contributed by atoms with Crippen molar-refractivity contribution in [2.75, 3.05) is 34.7 Å². The molecule has 0 unspecified atom stereocenters. The molecule has 0 N–H and O–H groups in total. The van der Waals surface area contributed by atoms with Gasteiger partial charge in [-0.1, -0.05) is 6.07 Å². The zero-order valence-electron chi connectivity index (χ0n) is 11.5. The minimum Gasteiger partial charge on any atom is -0.349 e. The van der Waals surface area contributed by atoms with Gasteiger partial charge in [0.1, 0.15) is 0 Å². The van der Waals surface area contributed by atoms with Crippen LogP contribution >= 0.6 is 0 Å². The van der Waals surface area contributed by atoms with Gasteiger partial charge < -0.3 is 9.80 Å². The van der Waals surface area contributed by atoms with Crippen LogP contribution in [0, 0.1) is 17.5 Å². The summed E-state index contributed by atoms with van der Waals surface area (Å²) >= 11 is 0. The summed E-state index contributed by atoms with van der Waals surface area (Å²) in [7, 11) is 7.38. The van der Waals surface area contributed by atoms with Crippen molar-refractivity contribution in [3.63, 3.8) is 0 Å². The smallest absolute Gasteiger partial charge is 0.195 e. The maximum absolute atomic E-state index is 13.4. The lowest BCUT2D eigenvalue weighted by Gasteiger charge is -2.22. The molecule has 3 nitrogen and oxygen atoms in total. The molecule has 0 amide bonds. The first-order valence-corrected chi connectivity index (χ1v) is 5.86. The van der Waals surface area contributed by atoms with Crippen LogP contribution in [0.4, 0.5) is 13.2 Å². The van der Waals surface area contributed by atoms with Crippen molar-refractivity contribution in [2.24, 2.45) is 4.99 Å². The SMILES string of the molecule is CN(C)C(=NCCc1ccc(F)c(F)c1F)N(C)C. The minimum atomic E-state index is -1.43. The maximum atomic E-state index is 13.4. The molecule has 106 valence electrons. The van der Waals surface area contributed by atoms with Crippen LogP contribution in [0.3, 0.4) is 0 Å². The summed E-state index contributed by atoms with van der Waals surface area (Å²) in [6.07, 6.45) is 0.216. The van der Waals surface area contributed by atoms with Gasteiger partial charge >= 0.3 is 0 Å². The predicted octanol–water partition coefficient (Wildman–Crippen LogP) is 2.13. The zero-order valence-corrected chi connectivity index (χ0v) is 11.5. The third-order valence-corrected chi connectivity index (χ3v) is 2.55. The number of aliphatic imine (C=N–C) groups is 1. The van der Waals surface area contributed by atoms with Gasteiger partial charge in [0, 0.05) is 34.7 Å². The molecule has 0 fully saturated rings. The van der Waals surface area contributed by atoms with Gasteiger partial charge in [0.25, 0.3) is 0 Å². The number of nitrogens with zero attached hydrogens (tertiary/aromatic N) is 3. The van der Waals surface area contributed by atoms with Gasteiger partial charge in [-0.2, -0.15) is 0 Å². The van der Waals surface area contributed by atoms with Crippen molar-refractivity contribution in [2.45, 2.75) is 6.42 Å². The Morgan fingerprint density at radius 2 is 1.58 bits per heavy atom. The van der Waals surface area contributed by atoms with Crippen LogP contribution in [0.1, 0.15) is 5.56 Å². The molecule has 0 radical (unpaired) electrons. The molecule has 1 aromatic carbocycles. The summed E-state index contributed by atoms with van der Waals surface area (Å²) in [5, 5.41) is 0. The van der Waals surface area contributed by atoms with Gasteiger partial charge in [-0.05, 0) is 18.1 Å². The fourth-order valence-corrected chi connectivity index (χ4v) is 1.72. The Kier molecular flexibility index (Phi) is 5.20. The molecule has 0 bridgehead atoms. The van der Waals surface area contributed by atoms with E-state index in [1.807, 2.05) is 38.0 Å². The molecule has 6 heteroatoms. The third-order valence-electron chi connectivity index (χ3n) is 2.55. The lowest BCUT2D eigenvalue weighted by atomic mass is 10.1. The average Bonchev–Trinajstić information content (AvgIpc) is 2.33. The summed E-state index contributed by atoms with van der Waals surface area (Å²) in [6, 6.07) is 2.17. The second-order valence-corrected chi connectivity index (χ2v) is 4.56. The summed E-state index contributed by atoms with van der Waals surface area (Å²) in [6.45, 7) is 0.299. The van der Waals surface area contributed by atoms with Crippen LogP contribution in [0.25, 0.3) is 0 Å². The Bertz CT molecular complexity index is 460. The quantitative estimate of drug-likeness (QED) is 0.477. The first-order valence-electron chi connectivity index (χ1n) is 5.86. The molecular formula is C13H18F3N3. The molecule has 0 aliphatic rings. The van der Waals surface area contributed by atoms with E-state index in [9.17, 15) is 13.2 Å². The highest BCUT2D eigenvalue weighted by Crippen LogP contribution is 2.15. The van der Waals surface area contributed by atoms with E-state index in [0.29, 0.717) is 6.54 Å². The topological polar surface area (TPSA) is 18.8 Å². The Morgan fingerprint density at radius 1 is 1.00 bits per heavy atom. The van der Waals surface area contributed by atoms with Crippen LogP contribution in [-0.2, 0) is 6.42 Å². The van der Waals surface area contributed by atoms with E-state index in [-0.39, 0.29) is 12.0 Å². The molecule has 0 saturated carbocycles. The fourth-order valence-electron chi connectivity index (χ4n) is 1.72. The number of hydrogen-bond donors (Lipinski definition) is 0. The largest absolute Gasteiger partial charge is 0.349 e. The molecule has 0 aromatic heterocycles. The van der Waals surface area contributed by atoms with Gasteiger partial charge in [0.15, 0.2) is 23.4 Å². The highest BCUT2D eigenvalue weighted by atomic mass is 19.2. The number of halogens is 3. The second kappa shape index (κ2) is 6.45. The fraction of sp³-hybridized carbons (Fsp3) is 0.462. The summed E-state index contributed by atoms with van der Waals surface area (Å²) in [5.41, 5.74) is 0.125. The standard InChI is InChI=1S/C13H18F3N3/c1-18(2)13(19(3)4)17-8-7-9-5-6-10(14)12(16)11(9)15/h5-6H,7-8H2,1-4H3. The molecule has 0 aliphatic carbocycles. The van der Waals surface area contributed by atoms with Crippen molar-refractivity contribution in [3.05, 3.63) is 35.1 Å². The van der Waals surface area contributed by atoms with Crippen LogP contribution in [0.5, 0.6) is 0 Å². The first kappa shape index (κ1) is 15.3. The zero-order chi connectivity index (χ0) is 14.6. The van der Waals surface area contributed by atoms with Gasteiger partial charge in [0.05, 0.1) is 0 Å². The predicted molar refractivity (Wildman–Crippen MR) is 69.7 cm³/mol. The Hall–Kier alpha value is -1.72. The normalized spacial score (nSPS) is 10.3. The Balaban J connectivity index is 2.78. The van der Waals surface area contributed by atoms with Crippen molar-refractivity contribution in [1.29, 1.82) is 0 Å². The number of rotatable bonds is 3. The lowest BCUT2D eigenvalue weighted by molar-refractivity contribution is 0.440. The lowest BCUT2D eigenvalue weighted by Crippen LogP contribution is -2.35. The molecule has 1 rings (SSSR count). The molecular weight excluding hydrogens is 255 g/mol. The van der Waals surface area contributed by atoms with Gasteiger partial charge in [-0.15, -0.1) is 0 Å². The van der Waals surface area contributed by atoms with Crippen molar-refractivity contribution >= 4 is 5.96 Å². The molecule has 1 aromatic rings. The first-order chi connectivity index (χ1) is 8.84. The van der Waals surface area contributed by atoms with E-state index < -0.39 is 17.5 Å². The van der Waals surface area contributed by atoms with E-state index >= 15 is 0 Å². The van der Waals surface area contributed by atoms with Crippen molar-refractivity contribution in [3.8, 4) is 0 Å². The highest BCUT2D eigenvalue weighted by Gasteiger charge is 2.13. The Labute approximate surface area is 111 Å². The van der Waals surface area contributed by atoms with E-state index in [4.69, 9.17) is 0 Å². The minimum absolute atomic E-state index is 0.125. The summed E-state index contributed by atoms with van der Waals surface area (Å²) in [4.78, 5) is 7.94. The summed E-state index contributed by atoms with van der Waals surface area (Å²) in [5.74, 6) is -3.01. The van der Waals surface area contributed by atoms with Crippen molar-refractivity contribution in [1.82, 2.24) is 9.80 Å². The van der Waals surface area contributed by atoms with E-state index in [2.05, 4.69) is 4.99 Å². The highest BCUT2D eigenvalue weighted by molar-refractivity contribution is 5.79. The molecule has 19 heavy (non-hydrogen) atoms. The van der Waals surface area contributed by atoms with Gasteiger partial charge in [-0.3, -0.25) is 4.99 Å². The summed E-state index contributed by atoms with van der Waals surface area (Å²) < 4.78 is 39.2. The van der Waals surface area contributed by atoms with Gasteiger partial charge in [-0.25, -0.2) is 13.2 Å². The molecule has 0 aliphatic heterocycles. The van der Waals surface area contributed by atoms with Crippen molar-refractivity contribution < 1.29 is 13.2 Å². The average molecular weight is 273 g/mol. The van der Waals surface area contributed by atoms with Crippen LogP contribution in [0.15, 0.2) is 17.1 Å². The molecule has 0 atom stereocenters. The van der Waals surface area contributed by atoms with Crippen LogP contribution < -0.4 is 0 Å². The number of hydrogen-bond acceptors (Lipinski definition) is 1. The van der Waals surface area contributed by atoms with E-state index in [0.717, 1.165) is 12.0 Å². The maximum Gasteiger partial charge on any atom is 0.195 e. The molecule has 0 heterocycles. The van der Waals surface area contributed by atoms with Gasteiger partial charge in [0.2, 0.25) is 0 Å². The second-order valence-electron chi connectivity index (χ2n) is 4.56. The van der Waals surface area contributed by atoms with E-state index in [1.165, 1.54) is 6.07 Å². The van der Waals surface area contributed by atoms with E-state index in [1.54, 1.807) is 0 Å². The molecule has 0 spiro atoms. The monoisotopic (exact) mass is 273 g/mol. The van der Waals surface area contributed by atoms with Crippen LogP contribution in [0.2, 0.25) is 0 Å².